The molecule has 0 aliphatic carbocycles. The Bertz CT molecular complexity index is 928. The summed E-state index contributed by atoms with van der Waals surface area (Å²) in [5.41, 5.74) is 0.963. The fourth-order valence-corrected chi connectivity index (χ4v) is 2.89. The van der Waals surface area contributed by atoms with Gasteiger partial charge in [0, 0.05) is 18.9 Å². The average Bonchev–Trinajstić information content (AvgIpc) is 3.14. The molecule has 134 valence electrons. The van der Waals surface area contributed by atoms with Crippen molar-refractivity contribution in [3.05, 3.63) is 71.4 Å². The Kier molecular flexibility index (Phi) is 6.65. The van der Waals surface area contributed by atoms with Crippen LogP contribution >= 0.6 is 11.3 Å². The maximum absolute atomic E-state index is 13.3. The van der Waals surface area contributed by atoms with E-state index < -0.39 is 17.5 Å². The molecule has 26 heavy (non-hydrogen) atoms. The Morgan fingerprint density at radius 2 is 1.88 bits per heavy atom. The van der Waals surface area contributed by atoms with Gasteiger partial charge in [-0.1, -0.05) is 35.6 Å². The molecule has 0 aliphatic rings. The first-order valence-electron chi connectivity index (χ1n) is 7.30. The van der Waals surface area contributed by atoms with Crippen LogP contribution in [-0.2, 0) is 0 Å². The van der Waals surface area contributed by atoms with E-state index >= 15 is 0 Å². The van der Waals surface area contributed by atoms with Crippen LogP contribution in [0.4, 0.5) is 13.9 Å². The van der Waals surface area contributed by atoms with Crippen LogP contribution in [0.1, 0.15) is 20.7 Å². The summed E-state index contributed by atoms with van der Waals surface area (Å²) in [4.78, 5) is 27.8. The van der Waals surface area contributed by atoms with Gasteiger partial charge in [0.25, 0.3) is 5.91 Å². The number of nitrogens with one attached hydrogen (secondary N) is 1. The number of amides is 1. The van der Waals surface area contributed by atoms with E-state index in [0.717, 1.165) is 30.6 Å². The van der Waals surface area contributed by atoms with Crippen LogP contribution in [0.25, 0.3) is 10.4 Å². The second-order valence-corrected chi connectivity index (χ2v) is 5.85. The number of benzene rings is 2. The van der Waals surface area contributed by atoms with Crippen molar-refractivity contribution in [1.29, 1.82) is 0 Å². The van der Waals surface area contributed by atoms with Crippen LogP contribution in [0, 0.1) is 11.6 Å². The Hall–Kier alpha value is -2.97. The molecule has 0 unspecified atom stereocenters. The first-order valence-corrected chi connectivity index (χ1v) is 8.11. The molecule has 0 radical (unpaired) electrons. The van der Waals surface area contributed by atoms with E-state index in [9.17, 15) is 18.4 Å². The number of carbonyl (C=O) groups excluding carboxylic acids is 2. The molecule has 1 heterocycles. The highest BCUT2D eigenvalue weighted by atomic mass is 32.1. The molecule has 5 nitrogen and oxygen atoms in total. The quantitative estimate of drug-likeness (QED) is 0.680. The third kappa shape index (κ3) is 4.35. The lowest BCUT2D eigenvalue weighted by Gasteiger charge is -2.03. The molecule has 0 saturated heterocycles. The van der Waals surface area contributed by atoms with E-state index in [2.05, 4.69) is 10.3 Å². The molecule has 0 atom stereocenters. The lowest BCUT2D eigenvalue weighted by molar-refractivity contribution is 0.101. The van der Waals surface area contributed by atoms with Gasteiger partial charge in [-0.3, -0.25) is 14.9 Å². The summed E-state index contributed by atoms with van der Waals surface area (Å²) < 4.78 is 26.3. The van der Waals surface area contributed by atoms with Gasteiger partial charge in [-0.25, -0.2) is 13.8 Å². The first-order chi connectivity index (χ1) is 12.6. The van der Waals surface area contributed by atoms with Crippen molar-refractivity contribution in [1.82, 2.24) is 4.98 Å². The maximum Gasteiger partial charge on any atom is 0.258 e. The van der Waals surface area contributed by atoms with Crippen LogP contribution in [-0.4, -0.2) is 29.4 Å². The molecule has 3 rings (SSSR count). The zero-order valence-electron chi connectivity index (χ0n) is 13.6. The minimum atomic E-state index is -0.952. The van der Waals surface area contributed by atoms with Crippen molar-refractivity contribution in [2.75, 3.05) is 12.4 Å². The van der Waals surface area contributed by atoms with Crippen molar-refractivity contribution in [3.8, 4) is 10.4 Å². The number of carbonyl (C=O) groups is 2. The number of rotatable bonds is 4. The molecule has 0 aliphatic heterocycles. The van der Waals surface area contributed by atoms with E-state index in [-0.39, 0.29) is 11.1 Å². The molecular weight excluding hydrogens is 362 g/mol. The molecule has 1 amide bonds. The molecule has 0 bridgehead atoms. The van der Waals surface area contributed by atoms with E-state index in [4.69, 9.17) is 5.11 Å². The van der Waals surface area contributed by atoms with Crippen molar-refractivity contribution in [2.45, 2.75) is 0 Å². The first kappa shape index (κ1) is 19.4. The number of aliphatic hydroxyl groups is 1. The second kappa shape index (κ2) is 8.93. The number of hydrogen-bond donors (Lipinski definition) is 2. The van der Waals surface area contributed by atoms with Gasteiger partial charge in [-0.2, -0.15) is 0 Å². The van der Waals surface area contributed by atoms with Gasteiger partial charge in [0.05, 0.1) is 10.4 Å². The smallest absolute Gasteiger partial charge is 0.258 e. The Morgan fingerprint density at radius 3 is 2.58 bits per heavy atom. The van der Waals surface area contributed by atoms with Crippen molar-refractivity contribution in [2.24, 2.45) is 0 Å². The van der Waals surface area contributed by atoms with Crippen LogP contribution in [0.5, 0.6) is 0 Å². The predicted molar refractivity (Wildman–Crippen MR) is 95.4 cm³/mol. The molecule has 0 saturated carbocycles. The maximum atomic E-state index is 13.3. The molecule has 0 spiro atoms. The number of aldehydes is 1. The minimum absolute atomic E-state index is 0.233. The lowest BCUT2D eigenvalue weighted by Crippen LogP contribution is -2.13. The summed E-state index contributed by atoms with van der Waals surface area (Å²) >= 11 is 1.12. The van der Waals surface area contributed by atoms with Gasteiger partial charge in [0.2, 0.25) is 0 Å². The highest BCUT2D eigenvalue weighted by Gasteiger charge is 2.13. The monoisotopic (exact) mass is 376 g/mol. The number of aliphatic hydroxyl groups excluding tert-OH is 1. The van der Waals surface area contributed by atoms with Crippen LogP contribution < -0.4 is 5.32 Å². The van der Waals surface area contributed by atoms with Crippen molar-refractivity contribution < 1.29 is 23.5 Å². The Labute approximate surface area is 152 Å². The van der Waals surface area contributed by atoms with Gasteiger partial charge in [-0.05, 0) is 23.8 Å². The highest BCUT2D eigenvalue weighted by molar-refractivity contribution is 7.19. The minimum Gasteiger partial charge on any atom is -0.400 e. The van der Waals surface area contributed by atoms with Crippen LogP contribution in [0.15, 0.2) is 48.7 Å². The largest absolute Gasteiger partial charge is 0.400 e. The third-order valence-electron chi connectivity index (χ3n) is 3.26. The molecule has 8 heteroatoms. The zero-order valence-corrected chi connectivity index (χ0v) is 14.4. The molecule has 2 N–H and O–H groups in total. The SMILES string of the molecule is CO.O=Cc1ccccc1C(=O)Nc1ncc(-c2ccc(F)c(F)c2)s1. The molecule has 0 fully saturated rings. The number of aromatic nitrogens is 1. The molecule has 2 aromatic carbocycles. The summed E-state index contributed by atoms with van der Waals surface area (Å²) in [7, 11) is 1.00. The Morgan fingerprint density at radius 1 is 1.15 bits per heavy atom. The standard InChI is InChI=1S/C17H10F2N2O2S.CH4O/c18-13-6-5-10(7-14(13)19)15-8-20-17(24-15)21-16(23)12-4-2-1-3-11(12)9-22;1-2/h1-9H,(H,20,21,23);2H,1H3. The van der Waals surface area contributed by atoms with E-state index in [0.29, 0.717) is 21.9 Å². The molecule has 1 aromatic heterocycles. The number of thiazole rings is 1. The average molecular weight is 376 g/mol. The van der Waals surface area contributed by atoms with Crippen molar-refractivity contribution in [3.63, 3.8) is 0 Å². The van der Waals surface area contributed by atoms with Gasteiger partial charge >= 0.3 is 0 Å². The fraction of sp³-hybridized carbons (Fsp3) is 0.0556. The van der Waals surface area contributed by atoms with Crippen LogP contribution in [0.2, 0.25) is 0 Å². The van der Waals surface area contributed by atoms with Gasteiger partial charge < -0.3 is 5.11 Å². The normalized spacial score (nSPS) is 9.85. The summed E-state index contributed by atoms with van der Waals surface area (Å²) in [6, 6.07) is 9.90. The number of anilines is 1. The Balaban J connectivity index is 0.00000117. The summed E-state index contributed by atoms with van der Waals surface area (Å²) in [6.07, 6.45) is 2.06. The predicted octanol–water partition coefficient (Wildman–Crippen LogP) is 3.76. The zero-order chi connectivity index (χ0) is 19.1. The fourth-order valence-electron chi connectivity index (χ4n) is 2.09. The second-order valence-electron chi connectivity index (χ2n) is 4.82. The van der Waals surface area contributed by atoms with E-state index in [1.807, 2.05) is 0 Å². The van der Waals surface area contributed by atoms with E-state index in [1.165, 1.54) is 24.4 Å². The van der Waals surface area contributed by atoms with Gasteiger partial charge in [0.15, 0.2) is 23.1 Å². The van der Waals surface area contributed by atoms with Crippen molar-refractivity contribution >= 4 is 28.7 Å². The molecular formula is C18H14F2N2O3S. The summed E-state index contributed by atoms with van der Waals surface area (Å²) in [5.74, 6) is -2.35. The van der Waals surface area contributed by atoms with Gasteiger partial charge in [-0.15, -0.1) is 0 Å². The van der Waals surface area contributed by atoms with Crippen LogP contribution in [0.3, 0.4) is 0 Å². The number of nitrogens with zero attached hydrogens (tertiary/aromatic N) is 1. The van der Waals surface area contributed by atoms with Gasteiger partial charge in [0.1, 0.15) is 0 Å². The van der Waals surface area contributed by atoms with E-state index in [1.54, 1.807) is 12.1 Å². The summed E-state index contributed by atoms with van der Waals surface area (Å²) in [6.45, 7) is 0. The molecule has 3 aromatic rings. The number of hydrogen-bond acceptors (Lipinski definition) is 5. The number of halogens is 2. The third-order valence-corrected chi connectivity index (χ3v) is 4.22. The summed E-state index contributed by atoms with van der Waals surface area (Å²) in [5, 5.41) is 9.88. The topological polar surface area (TPSA) is 79.3 Å². The lowest BCUT2D eigenvalue weighted by atomic mass is 10.1. The highest BCUT2D eigenvalue weighted by Crippen LogP contribution is 2.30.